The molecular formula is C17H16ClN3O3. The lowest BCUT2D eigenvalue weighted by Crippen LogP contribution is -2.33. The molecule has 0 unspecified atom stereocenters. The van der Waals surface area contributed by atoms with Crippen molar-refractivity contribution in [3.05, 3.63) is 57.6 Å². The summed E-state index contributed by atoms with van der Waals surface area (Å²) in [4.78, 5) is 28.3. The molecule has 1 N–H and O–H groups in total. The van der Waals surface area contributed by atoms with E-state index < -0.39 is 5.60 Å². The van der Waals surface area contributed by atoms with Crippen LogP contribution in [0.25, 0.3) is 5.70 Å². The van der Waals surface area contributed by atoms with Gasteiger partial charge in [0.25, 0.3) is 5.56 Å². The van der Waals surface area contributed by atoms with E-state index in [1.54, 1.807) is 12.3 Å². The first-order valence-corrected chi connectivity index (χ1v) is 7.72. The molecule has 0 aromatic carbocycles. The Kier molecular flexibility index (Phi) is 3.93. The molecule has 0 saturated heterocycles. The van der Waals surface area contributed by atoms with E-state index in [0.717, 1.165) is 0 Å². The Bertz CT molecular complexity index is 916. The number of carbonyl (C=O) groups excluding carboxylic acids is 1. The van der Waals surface area contributed by atoms with E-state index in [2.05, 4.69) is 10.3 Å². The topological polar surface area (TPSA) is 73.2 Å². The second-order valence-electron chi connectivity index (χ2n) is 6.02. The molecule has 0 aliphatic carbocycles. The zero-order valence-corrected chi connectivity index (χ0v) is 14.2. The molecule has 3 rings (SSSR count). The van der Waals surface area contributed by atoms with Gasteiger partial charge in [0.15, 0.2) is 0 Å². The van der Waals surface area contributed by atoms with Crippen LogP contribution in [0.15, 0.2) is 41.5 Å². The predicted octanol–water partition coefficient (Wildman–Crippen LogP) is 2.92. The summed E-state index contributed by atoms with van der Waals surface area (Å²) in [6.45, 7) is 5.07. The maximum absolute atomic E-state index is 12.8. The number of aromatic nitrogens is 2. The van der Waals surface area contributed by atoms with Gasteiger partial charge in [-0.3, -0.25) is 14.2 Å². The standard InChI is InChI=1S/C17H16ClN3O3/c1-10(22)20-13-7-11(18)9-21(16(13)23)14-8-17(2,3)24-15-12(14)5-4-6-19-15/h4-9H,1-3H3,(H,20,22). The lowest BCUT2D eigenvalue weighted by Gasteiger charge is -2.30. The van der Waals surface area contributed by atoms with Crippen LogP contribution in [0.2, 0.25) is 5.02 Å². The van der Waals surface area contributed by atoms with Crippen LogP contribution in [-0.2, 0) is 4.79 Å². The summed E-state index contributed by atoms with van der Waals surface area (Å²) in [5, 5.41) is 2.84. The highest BCUT2D eigenvalue weighted by molar-refractivity contribution is 6.30. The molecular weight excluding hydrogens is 330 g/mol. The number of rotatable bonds is 2. The molecule has 1 aliphatic heterocycles. The zero-order chi connectivity index (χ0) is 17.5. The number of anilines is 1. The molecule has 0 radical (unpaired) electrons. The zero-order valence-electron chi connectivity index (χ0n) is 13.5. The fourth-order valence-corrected chi connectivity index (χ4v) is 2.77. The minimum Gasteiger partial charge on any atom is -0.467 e. The Hall–Kier alpha value is -2.60. The Labute approximate surface area is 143 Å². The van der Waals surface area contributed by atoms with Crippen LogP contribution in [-0.4, -0.2) is 21.1 Å². The predicted molar refractivity (Wildman–Crippen MR) is 92.3 cm³/mol. The van der Waals surface area contributed by atoms with E-state index >= 15 is 0 Å². The number of hydrogen-bond donors (Lipinski definition) is 1. The quantitative estimate of drug-likeness (QED) is 0.908. The Morgan fingerprint density at radius 3 is 2.88 bits per heavy atom. The minimum atomic E-state index is -0.646. The van der Waals surface area contributed by atoms with Gasteiger partial charge in [0.05, 0.1) is 16.3 Å². The number of hydrogen-bond acceptors (Lipinski definition) is 4. The maximum Gasteiger partial charge on any atom is 0.278 e. The molecule has 7 heteroatoms. The molecule has 24 heavy (non-hydrogen) atoms. The first kappa shape index (κ1) is 16.3. The van der Waals surface area contributed by atoms with E-state index in [1.807, 2.05) is 26.0 Å². The van der Waals surface area contributed by atoms with Crippen LogP contribution >= 0.6 is 11.6 Å². The van der Waals surface area contributed by atoms with Gasteiger partial charge in [-0.05, 0) is 38.1 Å². The Morgan fingerprint density at radius 2 is 2.17 bits per heavy atom. The van der Waals surface area contributed by atoms with Gasteiger partial charge in [0, 0.05) is 19.3 Å². The van der Waals surface area contributed by atoms with Crippen molar-refractivity contribution in [1.29, 1.82) is 0 Å². The number of pyridine rings is 2. The molecule has 6 nitrogen and oxygen atoms in total. The molecule has 3 heterocycles. The second kappa shape index (κ2) is 5.79. The summed E-state index contributed by atoms with van der Waals surface area (Å²) in [5.41, 5.74) is 0.370. The number of nitrogens with zero attached hydrogens (tertiary/aromatic N) is 2. The molecule has 1 amide bonds. The van der Waals surface area contributed by atoms with Crippen LogP contribution in [0.3, 0.4) is 0 Å². The maximum atomic E-state index is 12.8. The van der Waals surface area contributed by atoms with Gasteiger partial charge < -0.3 is 10.1 Å². The van der Waals surface area contributed by atoms with Crippen molar-refractivity contribution in [2.75, 3.05) is 5.32 Å². The average molecular weight is 346 g/mol. The summed E-state index contributed by atoms with van der Waals surface area (Å²) >= 11 is 6.14. The lowest BCUT2D eigenvalue weighted by atomic mass is 10.0. The Morgan fingerprint density at radius 1 is 1.42 bits per heavy atom. The number of nitrogens with one attached hydrogen (secondary N) is 1. The van der Waals surface area contributed by atoms with Crippen LogP contribution < -0.4 is 15.6 Å². The van der Waals surface area contributed by atoms with Crippen LogP contribution in [0, 0.1) is 0 Å². The minimum absolute atomic E-state index is 0.116. The van der Waals surface area contributed by atoms with Crippen LogP contribution in [0.1, 0.15) is 26.3 Å². The third kappa shape index (κ3) is 3.05. The molecule has 2 aromatic rings. The molecule has 0 spiro atoms. The number of amides is 1. The first-order valence-electron chi connectivity index (χ1n) is 7.34. The molecule has 0 fully saturated rings. The molecule has 0 atom stereocenters. The molecule has 2 aromatic heterocycles. The SMILES string of the molecule is CC(=O)Nc1cc(Cl)cn(C2=CC(C)(C)Oc3ncccc32)c1=O. The van der Waals surface area contributed by atoms with Gasteiger partial charge in [-0.25, -0.2) is 4.98 Å². The van der Waals surface area contributed by atoms with Gasteiger partial charge in [-0.1, -0.05) is 11.6 Å². The smallest absolute Gasteiger partial charge is 0.278 e. The largest absolute Gasteiger partial charge is 0.467 e. The van der Waals surface area contributed by atoms with E-state index in [-0.39, 0.29) is 17.2 Å². The highest BCUT2D eigenvalue weighted by Crippen LogP contribution is 2.34. The van der Waals surface area contributed by atoms with Gasteiger partial charge >= 0.3 is 0 Å². The fourth-order valence-electron chi connectivity index (χ4n) is 2.56. The third-order valence-electron chi connectivity index (χ3n) is 3.45. The summed E-state index contributed by atoms with van der Waals surface area (Å²) in [6.07, 6.45) is 4.97. The van der Waals surface area contributed by atoms with Crippen molar-refractivity contribution in [2.45, 2.75) is 26.4 Å². The third-order valence-corrected chi connectivity index (χ3v) is 3.65. The van der Waals surface area contributed by atoms with E-state index in [4.69, 9.17) is 16.3 Å². The molecule has 0 bridgehead atoms. The van der Waals surface area contributed by atoms with Crippen molar-refractivity contribution in [2.24, 2.45) is 0 Å². The second-order valence-corrected chi connectivity index (χ2v) is 6.46. The highest BCUT2D eigenvalue weighted by Gasteiger charge is 2.29. The van der Waals surface area contributed by atoms with Crippen molar-refractivity contribution < 1.29 is 9.53 Å². The van der Waals surface area contributed by atoms with E-state index in [1.165, 1.54) is 23.8 Å². The van der Waals surface area contributed by atoms with Crippen molar-refractivity contribution >= 4 is 28.9 Å². The number of fused-ring (bicyclic) bond motifs is 1. The summed E-state index contributed by atoms with van der Waals surface area (Å²) in [5.74, 6) is 0.0947. The fraction of sp³-hybridized carbons (Fsp3) is 0.235. The monoisotopic (exact) mass is 345 g/mol. The van der Waals surface area contributed by atoms with Crippen molar-refractivity contribution in [1.82, 2.24) is 9.55 Å². The number of carbonyl (C=O) groups is 1. The number of halogens is 1. The summed E-state index contributed by atoms with van der Waals surface area (Å²) < 4.78 is 7.23. The molecule has 1 aliphatic rings. The van der Waals surface area contributed by atoms with Gasteiger partial charge in [-0.15, -0.1) is 0 Å². The van der Waals surface area contributed by atoms with E-state index in [9.17, 15) is 9.59 Å². The van der Waals surface area contributed by atoms with E-state index in [0.29, 0.717) is 22.2 Å². The average Bonchev–Trinajstić information content (AvgIpc) is 2.48. The summed E-state index contributed by atoms with van der Waals surface area (Å²) in [6, 6.07) is 5.00. The normalized spacial score (nSPS) is 15.1. The van der Waals surface area contributed by atoms with Gasteiger partial charge in [0.2, 0.25) is 11.8 Å². The van der Waals surface area contributed by atoms with Crippen molar-refractivity contribution in [3.63, 3.8) is 0 Å². The van der Waals surface area contributed by atoms with Gasteiger partial charge in [0.1, 0.15) is 11.3 Å². The van der Waals surface area contributed by atoms with Gasteiger partial charge in [-0.2, -0.15) is 0 Å². The highest BCUT2D eigenvalue weighted by atomic mass is 35.5. The van der Waals surface area contributed by atoms with Crippen LogP contribution in [0.5, 0.6) is 5.88 Å². The Balaban J connectivity index is 2.24. The lowest BCUT2D eigenvalue weighted by molar-refractivity contribution is -0.114. The van der Waals surface area contributed by atoms with Crippen LogP contribution in [0.4, 0.5) is 5.69 Å². The molecule has 124 valence electrons. The first-order chi connectivity index (χ1) is 11.3. The molecule has 0 saturated carbocycles. The summed E-state index contributed by atoms with van der Waals surface area (Å²) in [7, 11) is 0. The number of ether oxygens (including phenoxy) is 1. The van der Waals surface area contributed by atoms with Crippen molar-refractivity contribution in [3.8, 4) is 5.88 Å².